The van der Waals surface area contributed by atoms with Crippen LogP contribution in [0.15, 0.2) is 84.9 Å². The van der Waals surface area contributed by atoms with Gasteiger partial charge >= 0.3 is 0 Å². The first kappa shape index (κ1) is 20.7. The minimum absolute atomic E-state index is 0.117. The molecule has 1 nitrogen and oxygen atoms in total. The second-order valence-corrected chi connectivity index (χ2v) is 7.67. The molecule has 0 aliphatic heterocycles. The number of ketones is 1. The molecule has 0 aliphatic rings. The van der Waals surface area contributed by atoms with Gasteiger partial charge in [0.2, 0.25) is 0 Å². The Labute approximate surface area is 183 Å². The molecule has 140 valence electrons. The van der Waals surface area contributed by atoms with E-state index < -0.39 is 0 Å². The van der Waals surface area contributed by atoms with Crippen molar-refractivity contribution >= 4 is 63.0 Å². The van der Waals surface area contributed by atoms with Crippen molar-refractivity contribution in [3.8, 4) is 0 Å². The molecule has 28 heavy (non-hydrogen) atoms. The number of carbonyl (C=O) groups excluding carboxylic acids is 1. The molecule has 0 aromatic heterocycles. The molecule has 0 saturated carbocycles. The normalized spacial score (nSPS) is 10.3. The van der Waals surface area contributed by atoms with Crippen molar-refractivity contribution in [1.29, 1.82) is 0 Å². The van der Waals surface area contributed by atoms with Crippen molar-refractivity contribution in [2.24, 2.45) is 0 Å². The average molecular weight is 448 g/mol. The van der Waals surface area contributed by atoms with E-state index in [1.54, 1.807) is 30.3 Å². The van der Waals surface area contributed by atoms with Gasteiger partial charge < -0.3 is 0 Å². The predicted molar refractivity (Wildman–Crippen MR) is 120 cm³/mol. The van der Waals surface area contributed by atoms with Crippen LogP contribution in [0.4, 0.5) is 0 Å². The Morgan fingerprint density at radius 1 is 0.571 bits per heavy atom. The van der Waals surface area contributed by atoms with Crippen molar-refractivity contribution in [2.45, 2.75) is 0 Å². The monoisotopic (exact) mass is 446 g/mol. The molecule has 0 atom stereocenters. The number of fused-ring (bicyclic) bond motifs is 1. The topological polar surface area (TPSA) is 17.1 Å². The van der Waals surface area contributed by atoms with E-state index in [9.17, 15) is 4.79 Å². The Morgan fingerprint density at radius 3 is 1.71 bits per heavy atom. The van der Waals surface area contributed by atoms with Gasteiger partial charge in [-0.15, -0.1) is 0 Å². The maximum absolute atomic E-state index is 12.1. The lowest BCUT2D eigenvalue weighted by Crippen LogP contribution is -2.01. The van der Waals surface area contributed by atoms with Crippen molar-refractivity contribution in [1.82, 2.24) is 0 Å². The lowest BCUT2D eigenvalue weighted by atomic mass is 10.0. The molecule has 0 heterocycles. The summed E-state index contributed by atoms with van der Waals surface area (Å²) in [6, 6.07) is 25.4. The molecule has 4 rings (SSSR count). The van der Waals surface area contributed by atoms with Crippen LogP contribution in [-0.2, 0) is 0 Å². The number of hydrogen-bond donors (Lipinski definition) is 0. The van der Waals surface area contributed by atoms with Gasteiger partial charge in [0.1, 0.15) is 0 Å². The zero-order valence-corrected chi connectivity index (χ0v) is 17.5. The minimum atomic E-state index is -0.117. The fourth-order valence-corrected chi connectivity index (χ4v) is 3.34. The number of benzene rings is 4. The molecule has 4 aromatic carbocycles. The van der Waals surface area contributed by atoms with Crippen LogP contribution >= 0.6 is 46.4 Å². The van der Waals surface area contributed by atoms with Crippen molar-refractivity contribution < 1.29 is 4.79 Å². The molecule has 0 aliphatic carbocycles. The third-order valence-electron chi connectivity index (χ3n) is 3.97. The predicted octanol–water partition coefficient (Wildman–Crippen LogP) is 8.37. The first-order chi connectivity index (χ1) is 13.4. The summed E-state index contributed by atoms with van der Waals surface area (Å²) in [5, 5.41) is 4.63. The van der Waals surface area contributed by atoms with Crippen LogP contribution in [0, 0.1) is 0 Å². The smallest absolute Gasteiger partial charge is 0.194 e. The van der Waals surface area contributed by atoms with E-state index in [1.807, 2.05) is 54.6 Å². The molecule has 0 radical (unpaired) electrons. The fourth-order valence-electron chi connectivity index (χ4n) is 2.60. The van der Waals surface area contributed by atoms with Crippen LogP contribution < -0.4 is 0 Å². The first-order valence-corrected chi connectivity index (χ1v) is 9.85. The maximum atomic E-state index is 12.1. The second kappa shape index (κ2) is 9.45. The van der Waals surface area contributed by atoms with Gasteiger partial charge in [0.05, 0.1) is 5.02 Å². The largest absolute Gasteiger partial charge is 0.289 e. The van der Waals surface area contributed by atoms with Gasteiger partial charge in [0.15, 0.2) is 5.78 Å². The summed E-state index contributed by atoms with van der Waals surface area (Å²) >= 11 is 23.5. The molecule has 0 spiro atoms. The van der Waals surface area contributed by atoms with Crippen LogP contribution in [-0.4, -0.2) is 5.78 Å². The Balaban J connectivity index is 0.000000167. The van der Waals surface area contributed by atoms with Gasteiger partial charge in [0, 0.05) is 26.2 Å². The van der Waals surface area contributed by atoms with Crippen molar-refractivity contribution in [2.75, 3.05) is 0 Å². The summed E-state index contributed by atoms with van der Waals surface area (Å²) in [6.07, 6.45) is 0. The van der Waals surface area contributed by atoms with Gasteiger partial charge in [-0.3, -0.25) is 4.79 Å². The number of halogens is 4. The zero-order valence-electron chi connectivity index (χ0n) is 14.5. The highest BCUT2D eigenvalue weighted by Gasteiger charge is 2.12. The van der Waals surface area contributed by atoms with Gasteiger partial charge in [-0.1, -0.05) is 88.9 Å². The maximum Gasteiger partial charge on any atom is 0.194 e. The summed E-state index contributed by atoms with van der Waals surface area (Å²) in [6.45, 7) is 0. The average Bonchev–Trinajstić information content (AvgIpc) is 2.70. The first-order valence-electron chi connectivity index (χ1n) is 8.33. The number of rotatable bonds is 2. The Kier molecular flexibility index (Phi) is 6.98. The molecular weight excluding hydrogens is 434 g/mol. The summed E-state index contributed by atoms with van der Waals surface area (Å²) in [4.78, 5) is 12.1. The number of hydrogen-bond acceptors (Lipinski definition) is 1. The van der Waals surface area contributed by atoms with Gasteiger partial charge in [-0.2, -0.15) is 0 Å². The highest BCUT2D eigenvalue weighted by atomic mass is 35.5. The van der Waals surface area contributed by atoms with E-state index in [0.29, 0.717) is 21.2 Å². The van der Waals surface area contributed by atoms with E-state index in [4.69, 9.17) is 46.4 Å². The lowest BCUT2D eigenvalue weighted by molar-refractivity contribution is 0.103. The van der Waals surface area contributed by atoms with Crippen molar-refractivity contribution in [3.05, 3.63) is 116 Å². The molecule has 0 saturated heterocycles. The highest BCUT2D eigenvalue weighted by molar-refractivity contribution is 6.36. The van der Waals surface area contributed by atoms with Crippen LogP contribution in [0.2, 0.25) is 20.1 Å². The zero-order chi connectivity index (χ0) is 20.1. The Morgan fingerprint density at radius 2 is 1.11 bits per heavy atom. The lowest BCUT2D eigenvalue weighted by Gasteiger charge is -2.03. The molecule has 5 heteroatoms. The van der Waals surface area contributed by atoms with Gasteiger partial charge in [0.25, 0.3) is 0 Å². The molecular formula is C23H14Cl4O. The second-order valence-electron chi connectivity index (χ2n) is 5.96. The standard InChI is InChI=1S/C13H8Cl2O.C10H6Cl2/c14-10-6-7-12(15)11(8-10)13(16)9-4-2-1-3-5-9;11-9-3-1-7-2-4-10(12)6-8(7)5-9/h1-8H;1-6H. The van der Waals surface area contributed by atoms with Crippen LogP contribution in [0.5, 0.6) is 0 Å². The van der Waals surface area contributed by atoms with Crippen LogP contribution in [0.1, 0.15) is 15.9 Å². The Hall–Kier alpha value is -2.03. The third-order valence-corrected chi connectivity index (χ3v) is 5.01. The van der Waals surface area contributed by atoms with E-state index in [2.05, 4.69) is 0 Å². The molecule has 0 bridgehead atoms. The van der Waals surface area contributed by atoms with Crippen molar-refractivity contribution in [3.63, 3.8) is 0 Å². The van der Waals surface area contributed by atoms with E-state index in [1.165, 1.54) is 0 Å². The summed E-state index contributed by atoms with van der Waals surface area (Å²) in [5.41, 5.74) is 1.03. The molecule has 0 unspecified atom stereocenters. The summed E-state index contributed by atoms with van der Waals surface area (Å²) in [5.74, 6) is -0.117. The van der Waals surface area contributed by atoms with E-state index >= 15 is 0 Å². The quantitative estimate of drug-likeness (QED) is 0.282. The Bertz CT molecular complexity index is 1090. The molecule has 0 amide bonds. The summed E-state index contributed by atoms with van der Waals surface area (Å²) < 4.78 is 0. The minimum Gasteiger partial charge on any atom is -0.289 e. The van der Waals surface area contributed by atoms with E-state index in [-0.39, 0.29) is 5.78 Å². The number of carbonyl (C=O) groups is 1. The van der Waals surface area contributed by atoms with Crippen LogP contribution in [0.25, 0.3) is 10.8 Å². The molecule has 0 N–H and O–H groups in total. The summed E-state index contributed by atoms with van der Waals surface area (Å²) in [7, 11) is 0. The van der Waals surface area contributed by atoms with E-state index in [0.717, 1.165) is 20.8 Å². The fraction of sp³-hybridized carbons (Fsp3) is 0. The van der Waals surface area contributed by atoms with Gasteiger partial charge in [-0.05, 0) is 53.2 Å². The molecule has 0 fully saturated rings. The highest BCUT2D eigenvalue weighted by Crippen LogP contribution is 2.24. The molecule has 4 aromatic rings. The SMILES string of the molecule is Clc1ccc2ccc(Cl)cc2c1.O=C(c1ccccc1)c1cc(Cl)ccc1Cl. The van der Waals surface area contributed by atoms with Crippen LogP contribution in [0.3, 0.4) is 0 Å². The third kappa shape index (κ3) is 5.27. The van der Waals surface area contributed by atoms with Gasteiger partial charge in [-0.25, -0.2) is 0 Å².